The molecule has 0 saturated heterocycles. The lowest BCUT2D eigenvalue weighted by molar-refractivity contribution is 0.601. The summed E-state index contributed by atoms with van der Waals surface area (Å²) in [5.74, 6) is 0. The van der Waals surface area contributed by atoms with E-state index in [1.165, 1.54) is 11.3 Å². The molecule has 0 spiro atoms. The third kappa shape index (κ3) is 2.46. The van der Waals surface area contributed by atoms with Gasteiger partial charge in [0, 0.05) is 11.1 Å². The van der Waals surface area contributed by atoms with Crippen LogP contribution in [0, 0.1) is 13.8 Å². The molecule has 5 nitrogen and oxygen atoms in total. The molecule has 96 valence electrons. The van der Waals surface area contributed by atoms with E-state index in [9.17, 15) is 8.42 Å². The molecule has 0 aliphatic carbocycles. The summed E-state index contributed by atoms with van der Waals surface area (Å²) in [6, 6.07) is 4.99. The fraction of sp³-hybridized carbons (Fsp3) is 0.182. The lowest BCUT2D eigenvalue weighted by Gasteiger charge is -2.10. The van der Waals surface area contributed by atoms with Gasteiger partial charge in [0.25, 0.3) is 10.0 Å². The predicted molar refractivity (Wildman–Crippen MR) is 73.3 cm³/mol. The third-order valence-electron chi connectivity index (χ3n) is 2.35. The number of nitrogens with two attached hydrogens (primary N) is 1. The molecular formula is C11H13N3O2S2. The number of rotatable bonds is 3. The minimum Gasteiger partial charge on any atom is -0.398 e. The molecule has 0 unspecified atom stereocenters. The molecule has 2 rings (SSSR count). The molecule has 2 aromatic rings. The van der Waals surface area contributed by atoms with Crippen molar-refractivity contribution in [3.05, 3.63) is 34.8 Å². The van der Waals surface area contributed by atoms with Crippen LogP contribution in [0.2, 0.25) is 0 Å². The summed E-state index contributed by atoms with van der Waals surface area (Å²) in [6.07, 6.45) is 1.61. The lowest BCUT2D eigenvalue weighted by atomic mass is 10.2. The molecule has 18 heavy (non-hydrogen) atoms. The molecule has 0 bridgehead atoms. The number of nitrogens with zero attached hydrogens (tertiary/aromatic N) is 1. The van der Waals surface area contributed by atoms with Crippen molar-refractivity contribution >= 4 is 32.2 Å². The predicted octanol–water partition coefficient (Wildman–Crippen LogP) is 2.14. The van der Waals surface area contributed by atoms with E-state index in [2.05, 4.69) is 9.71 Å². The minimum absolute atomic E-state index is 0.109. The van der Waals surface area contributed by atoms with Crippen molar-refractivity contribution in [1.82, 2.24) is 4.98 Å². The van der Waals surface area contributed by atoms with E-state index in [0.29, 0.717) is 10.7 Å². The zero-order valence-electron chi connectivity index (χ0n) is 9.97. The van der Waals surface area contributed by atoms with Crippen LogP contribution in [0.4, 0.5) is 10.8 Å². The fourth-order valence-electron chi connectivity index (χ4n) is 1.61. The third-order valence-corrected chi connectivity index (χ3v) is 4.87. The van der Waals surface area contributed by atoms with Crippen LogP contribution in [0.5, 0.6) is 0 Å². The Kier molecular flexibility index (Phi) is 3.27. The number of benzene rings is 1. The Labute approximate surface area is 110 Å². The molecule has 7 heteroatoms. The number of nitrogen functional groups attached to an aromatic ring is 1. The summed E-state index contributed by atoms with van der Waals surface area (Å²) in [6.45, 7) is 3.57. The van der Waals surface area contributed by atoms with E-state index >= 15 is 0 Å². The largest absolute Gasteiger partial charge is 0.398 e. The van der Waals surface area contributed by atoms with Gasteiger partial charge >= 0.3 is 0 Å². The molecular weight excluding hydrogens is 270 g/mol. The highest BCUT2D eigenvalue weighted by atomic mass is 32.2. The van der Waals surface area contributed by atoms with Crippen molar-refractivity contribution in [2.45, 2.75) is 18.7 Å². The maximum atomic E-state index is 12.2. The quantitative estimate of drug-likeness (QED) is 0.845. The molecule has 1 aromatic heterocycles. The molecule has 0 saturated carbocycles. The molecule has 0 fully saturated rings. The van der Waals surface area contributed by atoms with Crippen molar-refractivity contribution in [3.8, 4) is 0 Å². The first kappa shape index (κ1) is 12.8. The summed E-state index contributed by atoms with van der Waals surface area (Å²) in [4.78, 5) is 5.02. The number of hydrogen-bond acceptors (Lipinski definition) is 5. The van der Waals surface area contributed by atoms with Gasteiger partial charge in [0.2, 0.25) is 0 Å². The van der Waals surface area contributed by atoms with Gasteiger partial charge < -0.3 is 5.73 Å². The van der Waals surface area contributed by atoms with Crippen LogP contribution in [0.3, 0.4) is 0 Å². The second-order valence-electron chi connectivity index (χ2n) is 3.87. The highest BCUT2D eigenvalue weighted by Gasteiger charge is 2.21. The Morgan fingerprint density at radius 2 is 2.06 bits per heavy atom. The van der Waals surface area contributed by atoms with E-state index in [0.717, 1.165) is 4.88 Å². The number of aryl methyl sites for hydroxylation is 2. The zero-order valence-corrected chi connectivity index (χ0v) is 11.6. The highest BCUT2D eigenvalue weighted by Crippen LogP contribution is 2.26. The smallest absolute Gasteiger partial charge is 0.265 e. The molecule has 3 N–H and O–H groups in total. The molecule has 0 atom stereocenters. The monoisotopic (exact) mass is 283 g/mol. The van der Waals surface area contributed by atoms with Crippen LogP contribution in [-0.4, -0.2) is 13.4 Å². The van der Waals surface area contributed by atoms with Crippen molar-refractivity contribution in [2.24, 2.45) is 0 Å². The minimum atomic E-state index is -3.69. The maximum absolute atomic E-state index is 12.2. The molecule has 1 aromatic carbocycles. The number of hydrogen-bond donors (Lipinski definition) is 2. The standard InChI is InChI=1S/C11H13N3O2S2/c1-7-4-3-5-9(12)10(7)18(15,16)14-11-13-6-8(2)17-11/h3-6H,12H2,1-2H3,(H,13,14). The van der Waals surface area contributed by atoms with E-state index < -0.39 is 10.0 Å². The van der Waals surface area contributed by atoms with Gasteiger partial charge in [0.15, 0.2) is 5.13 Å². The first-order valence-corrected chi connectivity index (χ1v) is 7.50. The van der Waals surface area contributed by atoms with Crippen LogP contribution in [0.1, 0.15) is 10.4 Å². The van der Waals surface area contributed by atoms with Crippen LogP contribution in [-0.2, 0) is 10.0 Å². The van der Waals surface area contributed by atoms with Gasteiger partial charge in [0.1, 0.15) is 4.90 Å². The number of aromatic nitrogens is 1. The molecule has 0 aliphatic heterocycles. The van der Waals surface area contributed by atoms with Gasteiger partial charge in [-0.2, -0.15) is 0 Å². The second-order valence-corrected chi connectivity index (χ2v) is 6.73. The van der Waals surface area contributed by atoms with Crippen LogP contribution in [0.15, 0.2) is 29.3 Å². The normalized spacial score (nSPS) is 11.4. The summed E-state index contributed by atoms with van der Waals surface area (Å²) >= 11 is 1.28. The highest BCUT2D eigenvalue weighted by molar-refractivity contribution is 7.93. The van der Waals surface area contributed by atoms with Crippen LogP contribution >= 0.6 is 11.3 Å². The summed E-state index contributed by atoms with van der Waals surface area (Å²) in [5, 5.41) is 0.343. The number of thiazole rings is 1. The van der Waals surface area contributed by atoms with Crippen molar-refractivity contribution in [3.63, 3.8) is 0 Å². The van der Waals surface area contributed by atoms with Gasteiger partial charge in [-0.3, -0.25) is 4.72 Å². The number of nitrogens with one attached hydrogen (secondary N) is 1. The first-order chi connectivity index (χ1) is 8.40. The van der Waals surface area contributed by atoms with Crippen LogP contribution in [0.25, 0.3) is 0 Å². The zero-order chi connectivity index (χ0) is 13.3. The van der Waals surface area contributed by atoms with Crippen LogP contribution < -0.4 is 10.5 Å². The summed E-state index contributed by atoms with van der Waals surface area (Å²) < 4.78 is 26.9. The summed E-state index contributed by atoms with van der Waals surface area (Å²) in [5.41, 5.74) is 6.57. The van der Waals surface area contributed by atoms with E-state index in [-0.39, 0.29) is 10.6 Å². The Morgan fingerprint density at radius 3 is 2.61 bits per heavy atom. The average molecular weight is 283 g/mol. The maximum Gasteiger partial charge on any atom is 0.265 e. The SMILES string of the molecule is Cc1cnc(NS(=O)(=O)c2c(C)cccc2N)s1. The Hall–Kier alpha value is -1.60. The molecule has 0 aliphatic rings. The topological polar surface area (TPSA) is 85.1 Å². The Morgan fingerprint density at radius 1 is 1.33 bits per heavy atom. The number of anilines is 2. The molecule has 0 radical (unpaired) electrons. The molecule has 0 amide bonds. The first-order valence-electron chi connectivity index (χ1n) is 5.20. The van der Waals surface area contributed by atoms with Crippen molar-refractivity contribution < 1.29 is 8.42 Å². The van der Waals surface area contributed by atoms with E-state index in [1.54, 1.807) is 31.3 Å². The van der Waals surface area contributed by atoms with E-state index in [1.807, 2.05) is 6.92 Å². The lowest BCUT2D eigenvalue weighted by Crippen LogP contribution is -2.16. The molecule has 1 heterocycles. The second kappa shape index (κ2) is 4.58. The van der Waals surface area contributed by atoms with Gasteiger partial charge in [-0.05, 0) is 25.5 Å². The van der Waals surface area contributed by atoms with Crippen molar-refractivity contribution in [1.29, 1.82) is 0 Å². The van der Waals surface area contributed by atoms with Gasteiger partial charge in [-0.15, -0.1) is 11.3 Å². The Bertz CT molecular complexity index is 657. The fourth-order valence-corrected chi connectivity index (χ4v) is 3.88. The van der Waals surface area contributed by atoms with Crippen molar-refractivity contribution in [2.75, 3.05) is 10.5 Å². The number of sulfonamides is 1. The van der Waals surface area contributed by atoms with Gasteiger partial charge in [0.05, 0.1) is 5.69 Å². The van der Waals surface area contributed by atoms with E-state index in [4.69, 9.17) is 5.73 Å². The average Bonchev–Trinajstić information content (AvgIpc) is 2.62. The Balaban J connectivity index is 2.43. The summed E-state index contributed by atoms with van der Waals surface area (Å²) in [7, 11) is -3.69. The van der Waals surface area contributed by atoms with Gasteiger partial charge in [-0.1, -0.05) is 12.1 Å². The van der Waals surface area contributed by atoms with Gasteiger partial charge in [-0.25, -0.2) is 13.4 Å².